The highest BCUT2D eigenvalue weighted by Crippen LogP contribution is 2.23. The van der Waals surface area contributed by atoms with Gasteiger partial charge in [-0.05, 0) is 24.6 Å². The SMILES string of the molecule is NCc1nc(C(=O)NC2CCN(c3cccc(Cl)c3)C2)cs1. The minimum absolute atomic E-state index is 0.120. The highest BCUT2D eigenvalue weighted by Gasteiger charge is 2.25. The van der Waals surface area contributed by atoms with Crippen LogP contribution >= 0.6 is 22.9 Å². The largest absolute Gasteiger partial charge is 0.369 e. The number of hydrogen-bond donors (Lipinski definition) is 2. The maximum Gasteiger partial charge on any atom is 0.271 e. The summed E-state index contributed by atoms with van der Waals surface area (Å²) < 4.78 is 0. The van der Waals surface area contributed by atoms with Crippen molar-refractivity contribution in [3.8, 4) is 0 Å². The number of carbonyl (C=O) groups is 1. The van der Waals surface area contributed by atoms with Crippen LogP contribution in [0.2, 0.25) is 5.02 Å². The Hall–Kier alpha value is -1.63. The van der Waals surface area contributed by atoms with Crippen LogP contribution < -0.4 is 16.0 Å². The molecule has 116 valence electrons. The maximum atomic E-state index is 12.2. The van der Waals surface area contributed by atoms with Crippen molar-refractivity contribution in [2.75, 3.05) is 18.0 Å². The third kappa shape index (κ3) is 3.40. The van der Waals surface area contributed by atoms with Crippen LogP contribution in [0, 0.1) is 0 Å². The smallest absolute Gasteiger partial charge is 0.271 e. The summed E-state index contributed by atoms with van der Waals surface area (Å²) in [6.07, 6.45) is 0.909. The molecule has 1 fully saturated rings. The molecule has 1 saturated heterocycles. The van der Waals surface area contributed by atoms with Crippen molar-refractivity contribution in [1.82, 2.24) is 10.3 Å². The van der Waals surface area contributed by atoms with Gasteiger partial charge in [0.1, 0.15) is 10.7 Å². The van der Waals surface area contributed by atoms with Crippen molar-refractivity contribution in [2.24, 2.45) is 5.73 Å². The predicted octanol–water partition coefficient (Wildman–Crippen LogP) is 2.26. The quantitative estimate of drug-likeness (QED) is 0.898. The van der Waals surface area contributed by atoms with Gasteiger partial charge in [0.2, 0.25) is 0 Å². The van der Waals surface area contributed by atoms with Crippen LogP contribution in [0.4, 0.5) is 5.69 Å². The number of nitrogens with one attached hydrogen (secondary N) is 1. The van der Waals surface area contributed by atoms with E-state index in [0.29, 0.717) is 12.2 Å². The standard InChI is InChI=1S/C15H17ClN4OS/c16-10-2-1-3-12(6-10)20-5-4-11(8-20)18-15(21)13-9-22-14(7-17)19-13/h1-3,6,9,11H,4-5,7-8,17H2,(H,18,21). The molecule has 1 aromatic carbocycles. The summed E-state index contributed by atoms with van der Waals surface area (Å²) in [7, 11) is 0. The van der Waals surface area contributed by atoms with E-state index in [0.717, 1.165) is 35.2 Å². The van der Waals surface area contributed by atoms with Crippen LogP contribution in [0.15, 0.2) is 29.6 Å². The molecule has 7 heteroatoms. The lowest BCUT2D eigenvalue weighted by Crippen LogP contribution is -2.37. The normalized spacial score (nSPS) is 17.7. The fourth-order valence-corrected chi connectivity index (χ4v) is 3.39. The van der Waals surface area contributed by atoms with Gasteiger partial charge in [0.25, 0.3) is 5.91 Å². The van der Waals surface area contributed by atoms with E-state index in [4.69, 9.17) is 17.3 Å². The molecule has 22 heavy (non-hydrogen) atoms. The molecule has 1 unspecified atom stereocenters. The van der Waals surface area contributed by atoms with Gasteiger partial charge >= 0.3 is 0 Å². The molecule has 0 aliphatic carbocycles. The van der Waals surface area contributed by atoms with Crippen molar-refractivity contribution in [3.63, 3.8) is 0 Å². The predicted molar refractivity (Wildman–Crippen MR) is 89.5 cm³/mol. The van der Waals surface area contributed by atoms with Crippen LogP contribution in [0.1, 0.15) is 21.9 Å². The Morgan fingerprint density at radius 2 is 2.41 bits per heavy atom. The minimum Gasteiger partial charge on any atom is -0.369 e. The summed E-state index contributed by atoms with van der Waals surface area (Å²) in [6, 6.07) is 7.89. The van der Waals surface area contributed by atoms with E-state index in [1.54, 1.807) is 5.38 Å². The third-order valence-electron chi connectivity index (χ3n) is 3.66. The number of thiazole rings is 1. The van der Waals surface area contributed by atoms with Gasteiger partial charge in [-0.3, -0.25) is 4.79 Å². The van der Waals surface area contributed by atoms with Crippen LogP contribution in [-0.2, 0) is 6.54 Å². The van der Waals surface area contributed by atoms with E-state index >= 15 is 0 Å². The number of halogens is 1. The summed E-state index contributed by atoms with van der Waals surface area (Å²) in [5.41, 5.74) is 7.06. The summed E-state index contributed by atoms with van der Waals surface area (Å²) in [4.78, 5) is 18.6. The number of carbonyl (C=O) groups excluding carboxylic acids is 1. The summed E-state index contributed by atoms with van der Waals surface area (Å²) in [6.45, 7) is 2.04. The number of anilines is 1. The van der Waals surface area contributed by atoms with E-state index in [2.05, 4.69) is 15.2 Å². The first-order valence-corrected chi connectivity index (χ1v) is 8.37. The lowest BCUT2D eigenvalue weighted by Gasteiger charge is -2.19. The lowest BCUT2D eigenvalue weighted by molar-refractivity contribution is 0.0936. The van der Waals surface area contributed by atoms with E-state index in [9.17, 15) is 4.79 Å². The number of nitrogens with two attached hydrogens (primary N) is 1. The van der Waals surface area contributed by atoms with Crippen molar-refractivity contribution in [3.05, 3.63) is 45.4 Å². The maximum absolute atomic E-state index is 12.2. The van der Waals surface area contributed by atoms with E-state index in [1.807, 2.05) is 24.3 Å². The summed E-state index contributed by atoms with van der Waals surface area (Å²) >= 11 is 7.44. The van der Waals surface area contributed by atoms with Crippen LogP contribution in [0.5, 0.6) is 0 Å². The summed E-state index contributed by atoms with van der Waals surface area (Å²) in [5.74, 6) is -0.131. The van der Waals surface area contributed by atoms with Crippen molar-refractivity contribution >= 4 is 34.5 Å². The molecule has 2 aromatic rings. The number of aromatic nitrogens is 1. The highest BCUT2D eigenvalue weighted by atomic mass is 35.5. The Labute approximate surface area is 138 Å². The number of nitrogens with zero attached hydrogens (tertiary/aromatic N) is 2. The zero-order chi connectivity index (χ0) is 15.5. The second-order valence-corrected chi connectivity index (χ2v) is 6.59. The van der Waals surface area contributed by atoms with Gasteiger partial charge in [-0.15, -0.1) is 11.3 Å². The van der Waals surface area contributed by atoms with Gasteiger partial charge < -0.3 is 16.0 Å². The number of amides is 1. The molecule has 0 spiro atoms. The van der Waals surface area contributed by atoms with Gasteiger partial charge in [0.05, 0.1) is 0 Å². The van der Waals surface area contributed by atoms with Gasteiger partial charge in [-0.1, -0.05) is 17.7 Å². The molecule has 1 aliphatic rings. The van der Waals surface area contributed by atoms with Gasteiger partial charge in [-0.25, -0.2) is 4.98 Å². The number of rotatable bonds is 4. The molecule has 1 amide bonds. The molecule has 0 saturated carbocycles. The molecular formula is C15H17ClN4OS. The molecule has 1 aromatic heterocycles. The molecular weight excluding hydrogens is 320 g/mol. The zero-order valence-corrected chi connectivity index (χ0v) is 13.5. The van der Waals surface area contributed by atoms with Gasteiger partial charge in [0, 0.05) is 41.8 Å². The molecule has 1 aliphatic heterocycles. The van der Waals surface area contributed by atoms with Crippen LogP contribution in [-0.4, -0.2) is 30.0 Å². The topological polar surface area (TPSA) is 71.2 Å². The average molecular weight is 337 g/mol. The fourth-order valence-electron chi connectivity index (χ4n) is 2.55. The average Bonchev–Trinajstić information content (AvgIpc) is 3.16. The summed E-state index contributed by atoms with van der Waals surface area (Å²) in [5, 5.41) is 6.29. The van der Waals surface area contributed by atoms with E-state index < -0.39 is 0 Å². The monoisotopic (exact) mass is 336 g/mol. The fraction of sp³-hybridized carbons (Fsp3) is 0.333. The second-order valence-electron chi connectivity index (χ2n) is 5.22. The highest BCUT2D eigenvalue weighted by molar-refractivity contribution is 7.09. The minimum atomic E-state index is -0.131. The first-order valence-electron chi connectivity index (χ1n) is 7.11. The molecule has 3 N–H and O–H groups in total. The van der Waals surface area contributed by atoms with E-state index in [1.165, 1.54) is 11.3 Å². The van der Waals surface area contributed by atoms with Crippen molar-refractivity contribution in [1.29, 1.82) is 0 Å². The van der Waals surface area contributed by atoms with E-state index in [-0.39, 0.29) is 11.9 Å². The van der Waals surface area contributed by atoms with Crippen LogP contribution in [0.25, 0.3) is 0 Å². The van der Waals surface area contributed by atoms with Gasteiger partial charge in [-0.2, -0.15) is 0 Å². The third-order valence-corrected chi connectivity index (χ3v) is 4.76. The molecule has 3 rings (SSSR count). The molecule has 0 radical (unpaired) electrons. The zero-order valence-electron chi connectivity index (χ0n) is 12.0. The number of hydrogen-bond acceptors (Lipinski definition) is 5. The lowest BCUT2D eigenvalue weighted by atomic mass is 10.2. The Kier molecular flexibility index (Phi) is 4.61. The van der Waals surface area contributed by atoms with Crippen molar-refractivity contribution in [2.45, 2.75) is 19.0 Å². The van der Waals surface area contributed by atoms with Crippen molar-refractivity contribution < 1.29 is 4.79 Å². The molecule has 0 bridgehead atoms. The first kappa shape index (κ1) is 15.3. The first-order chi connectivity index (χ1) is 10.7. The molecule has 5 nitrogen and oxygen atoms in total. The number of benzene rings is 1. The Morgan fingerprint density at radius 1 is 1.55 bits per heavy atom. The Bertz CT molecular complexity index is 675. The van der Waals surface area contributed by atoms with Gasteiger partial charge in [0.15, 0.2) is 0 Å². The molecule has 2 heterocycles. The van der Waals surface area contributed by atoms with Crippen LogP contribution in [0.3, 0.4) is 0 Å². The molecule has 1 atom stereocenters. The Balaban J connectivity index is 1.60. The Morgan fingerprint density at radius 3 is 3.14 bits per heavy atom. The second kappa shape index (κ2) is 6.64.